The summed E-state index contributed by atoms with van der Waals surface area (Å²) in [5.74, 6) is 0. The Morgan fingerprint density at radius 1 is 1.47 bits per heavy atom. The molecule has 1 aliphatic heterocycles. The number of likely N-dealkylation sites (tertiary alicyclic amines) is 1. The Hall–Kier alpha value is -0.770. The fourth-order valence-electron chi connectivity index (χ4n) is 2.19. The van der Waals surface area contributed by atoms with Gasteiger partial charge in [0.25, 0.3) is 0 Å². The molecule has 4 heteroatoms. The number of hydrogen-bond acceptors (Lipinski definition) is 2. The van der Waals surface area contributed by atoms with Crippen LogP contribution in [0.15, 0.2) is 0 Å². The van der Waals surface area contributed by atoms with Crippen molar-refractivity contribution in [3.8, 4) is 0 Å². The lowest BCUT2D eigenvalue weighted by molar-refractivity contribution is 0.136. The fraction of sp³-hybridized carbons (Fsp3) is 0.909. The molecule has 0 aromatic heterocycles. The van der Waals surface area contributed by atoms with Gasteiger partial charge in [-0.1, -0.05) is 6.92 Å². The van der Waals surface area contributed by atoms with Crippen molar-refractivity contribution in [3.05, 3.63) is 0 Å². The van der Waals surface area contributed by atoms with E-state index in [1.807, 2.05) is 11.9 Å². The van der Waals surface area contributed by atoms with Crippen LogP contribution < -0.4 is 5.32 Å². The second kappa shape index (κ2) is 5.95. The first kappa shape index (κ1) is 12.3. The molecule has 1 N–H and O–H groups in total. The van der Waals surface area contributed by atoms with Gasteiger partial charge in [0.2, 0.25) is 0 Å². The van der Waals surface area contributed by atoms with Gasteiger partial charge in [-0.05, 0) is 25.8 Å². The van der Waals surface area contributed by atoms with Gasteiger partial charge in [-0.3, -0.25) is 0 Å². The van der Waals surface area contributed by atoms with Crippen LogP contribution in [0.25, 0.3) is 0 Å². The van der Waals surface area contributed by atoms with Crippen LogP contribution in [0.2, 0.25) is 0 Å². The Bertz CT molecular complexity index is 200. The standard InChI is InChI=1S/C11H23N3O/c1-4-7-14-8-5-10(6-9-14)13(3)11(15)12-2/h10H,4-9H2,1-3H3,(H,12,15). The van der Waals surface area contributed by atoms with E-state index in [1.54, 1.807) is 7.05 Å². The lowest BCUT2D eigenvalue weighted by atomic mass is 10.0. The molecule has 0 atom stereocenters. The maximum Gasteiger partial charge on any atom is 0.317 e. The van der Waals surface area contributed by atoms with Crippen LogP contribution in [0, 0.1) is 0 Å². The van der Waals surface area contributed by atoms with Gasteiger partial charge >= 0.3 is 6.03 Å². The molecule has 1 aliphatic rings. The Labute approximate surface area is 92.6 Å². The number of nitrogens with one attached hydrogen (secondary N) is 1. The average Bonchev–Trinajstić information content (AvgIpc) is 2.28. The largest absolute Gasteiger partial charge is 0.341 e. The highest BCUT2D eigenvalue weighted by molar-refractivity contribution is 5.73. The third kappa shape index (κ3) is 3.38. The van der Waals surface area contributed by atoms with Crippen LogP contribution in [0.1, 0.15) is 26.2 Å². The number of carbonyl (C=O) groups is 1. The van der Waals surface area contributed by atoms with Crippen molar-refractivity contribution in [2.45, 2.75) is 32.2 Å². The predicted molar refractivity (Wildman–Crippen MR) is 62.0 cm³/mol. The van der Waals surface area contributed by atoms with Crippen molar-refractivity contribution < 1.29 is 4.79 Å². The second-order valence-corrected chi connectivity index (χ2v) is 4.24. The Kier molecular flexibility index (Phi) is 4.88. The Morgan fingerprint density at radius 2 is 2.07 bits per heavy atom. The van der Waals surface area contributed by atoms with Gasteiger partial charge in [0.15, 0.2) is 0 Å². The molecule has 88 valence electrons. The van der Waals surface area contributed by atoms with E-state index >= 15 is 0 Å². The summed E-state index contributed by atoms with van der Waals surface area (Å²) < 4.78 is 0. The smallest absolute Gasteiger partial charge is 0.317 e. The van der Waals surface area contributed by atoms with Crippen LogP contribution in [0.4, 0.5) is 4.79 Å². The van der Waals surface area contributed by atoms with Crippen molar-refractivity contribution in [1.29, 1.82) is 0 Å². The molecule has 0 saturated carbocycles. The van der Waals surface area contributed by atoms with Gasteiger partial charge in [-0.2, -0.15) is 0 Å². The molecule has 0 spiro atoms. The third-order valence-corrected chi connectivity index (χ3v) is 3.18. The summed E-state index contributed by atoms with van der Waals surface area (Å²) in [5, 5.41) is 2.67. The molecule has 1 rings (SSSR count). The molecule has 2 amide bonds. The van der Waals surface area contributed by atoms with E-state index in [0.717, 1.165) is 25.9 Å². The van der Waals surface area contributed by atoms with Crippen molar-refractivity contribution in [1.82, 2.24) is 15.1 Å². The van der Waals surface area contributed by atoms with E-state index in [0.29, 0.717) is 6.04 Å². The summed E-state index contributed by atoms with van der Waals surface area (Å²) in [7, 11) is 3.57. The normalized spacial score (nSPS) is 18.9. The molecule has 1 heterocycles. The number of nitrogens with zero attached hydrogens (tertiary/aromatic N) is 2. The maximum atomic E-state index is 11.4. The quantitative estimate of drug-likeness (QED) is 0.763. The molecule has 0 aromatic rings. The number of hydrogen-bond donors (Lipinski definition) is 1. The van der Waals surface area contributed by atoms with Gasteiger partial charge < -0.3 is 15.1 Å². The summed E-state index contributed by atoms with van der Waals surface area (Å²) in [5.41, 5.74) is 0. The minimum Gasteiger partial charge on any atom is -0.341 e. The number of carbonyl (C=O) groups excluding carboxylic acids is 1. The molecule has 0 aromatic carbocycles. The SMILES string of the molecule is CCCN1CCC(N(C)C(=O)NC)CC1. The van der Waals surface area contributed by atoms with E-state index in [-0.39, 0.29) is 6.03 Å². The molecule has 15 heavy (non-hydrogen) atoms. The number of urea groups is 1. The summed E-state index contributed by atoms with van der Waals surface area (Å²) in [4.78, 5) is 15.7. The summed E-state index contributed by atoms with van der Waals surface area (Å²) in [6.07, 6.45) is 3.42. The number of rotatable bonds is 3. The first-order valence-electron chi connectivity index (χ1n) is 5.86. The van der Waals surface area contributed by atoms with Gasteiger partial charge in [0, 0.05) is 33.2 Å². The van der Waals surface area contributed by atoms with Crippen LogP contribution >= 0.6 is 0 Å². The minimum atomic E-state index is 0.0314. The lowest BCUT2D eigenvalue weighted by Crippen LogP contribution is -2.48. The van der Waals surface area contributed by atoms with Gasteiger partial charge in [-0.15, -0.1) is 0 Å². The van der Waals surface area contributed by atoms with E-state index < -0.39 is 0 Å². The fourth-order valence-corrected chi connectivity index (χ4v) is 2.19. The van der Waals surface area contributed by atoms with Crippen LogP contribution in [-0.4, -0.2) is 55.6 Å². The molecule has 1 saturated heterocycles. The minimum absolute atomic E-state index is 0.0314. The number of amides is 2. The Morgan fingerprint density at radius 3 is 2.53 bits per heavy atom. The molecule has 1 fully saturated rings. The van der Waals surface area contributed by atoms with Crippen LogP contribution in [-0.2, 0) is 0 Å². The van der Waals surface area contributed by atoms with Crippen LogP contribution in [0.5, 0.6) is 0 Å². The average molecular weight is 213 g/mol. The summed E-state index contributed by atoms with van der Waals surface area (Å²) in [6.45, 7) is 5.65. The van der Waals surface area contributed by atoms with Gasteiger partial charge in [-0.25, -0.2) is 4.79 Å². The van der Waals surface area contributed by atoms with Gasteiger partial charge in [0.1, 0.15) is 0 Å². The van der Waals surface area contributed by atoms with E-state index in [9.17, 15) is 4.79 Å². The second-order valence-electron chi connectivity index (χ2n) is 4.24. The van der Waals surface area contributed by atoms with Crippen molar-refractivity contribution in [3.63, 3.8) is 0 Å². The topological polar surface area (TPSA) is 35.6 Å². The zero-order chi connectivity index (χ0) is 11.3. The lowest BCUT2D eigenvalue weighted by Gasteiger charge is -2.36. The van der Waals surface area contributed by atoms with E-state index in [2.05, 4.69) is 17.1 Å². The van der Waals surface area contributed by atoms with Crippen molar-refractivity contribution in [2.24, 2.45) is 0 Å². The highest BCUT2D eigenvalue weighted by atomic mass is 16.2. The van der Waals surface area contributed by atoms with Crippen molar-refractivity contribution in [2.75, 3.05) is 33.7 Å². The zero-order valence-electron chi connectivity index (χ0n) is 10.1. The monoisotopic (exact) mass is 213 g/mol. The molecule has 0 bridgehead atoms. The summed E-state index contributed by atoms with van der Waals surface area (Å²) >= 11 is 0. The molecule has 0 radical (unpaired) electrons. The molecule has 0 aliphatic carbocycles. The number of piperidine rings is 1. The molecule has 0 unspecified atom stereocenters. The highest BCUT2D eigenvalue weighted by Gasteiger charge is 2.24. The van der Waals surface area contributed by atoms with E-state index in [1.165, 1.54) is 13.0 Å². The Balaban J connectivity index is 2.33. The van der Waals surface area contributed by atoms with E-state index in [4.69, 9.17) is 0 Å². The highest BCUT2D eigenvalue weighted by Crippen LogP contribution is 2.15. The maximum absolute atomic E-state index is 11.4. The first-order valence-corrected chi connectivity index (χ1v) is 5.86. The molecular formula is C11H23N3O. The molecule has 4 nitrogen and oxygen atoms in total. The van der Waals surface area contributed by atoms with Crippen molar-refractivity contribution >= 4 is 6.03 Å². The first-order chi connectivity index (χ1) is 7.19. The molecular weight excluding hydrogens is 190 g/mol. The zero-order valence-corrected chi connectivity index (χ0v) is 10.1. The predicted octanol–water partition coefficient (Wildman–Crippen LogP) is 1.13. The summed E-state index contributed by atoms with van der Waals surface area (Å²) in [6, 6.07) is 0.446. The van der Waals surface area contributed by atoms with Crippen LogP contribution in [0.3, 0.4) is 0 Å². The van der Waals surface area contributed by atoms with Gasteiger partial charge in [0.05, 0.1) is 0 Å². The third-order valence-electron chi connectivity index (χ3n) is 3.18.